The number of aliphatic hydroxyl groups is 2. The molecule has 1 amide bonds. The molecule has 1 atom stereocenters. The topological polar surface area (TPSA) is 127 Å². The minimum Gasteiger partial charge on any atom is -0.739 e. The number of hydrogen-bond acceptors (Lipinski definition) is 7. The number of amides is 1. The standard InChI is InChI=1S/C9H19NO6S2/c1-9(2,6-11)7(12)8(13)10-4-3-5-17-18(14,15)16/h7,11-12H,3-6H2,1-2H3,(H,10,13)(H,14,15,16)/p-1. The molecule has 0 aliphatic rings. The molecule has 0 aromatic rings. The normalized spacial score (nSPS) is 14.3. The Morgan fingerprint density at radius 1 is 1.50 bits per heavy atom. The first-order valence-corrected chi connectivity index (χ1v) is 8.18. The molecule has 7 nitrogen and oxygen atoms in total. The maximum absolute atomic E-state index is 11.4. The lowest BCUT2D eigenvalue weighted by atomic mass is 9.87. The van der Waals surface area contributed by atoms with Crippen molar-refractivity contribution in [1.29, 1.82) is 0 Å². The molecule has 0 spiro atoms. The molecule has 18 heavy (non-hydrogen) atoms. The van der Waals surface area contributed by atoms with Crippen molar-refractivity contribution in [3.8, 4) is 0 Å². The number of rotatable bonds is 8. The summed E-state index contributed by atoms with van der Waals surface area (Å²) in [7, 11) is -4.03. The van der Waals surface area contributed by atoms with Gasteiger partial charge in [0.15, 0.2) is 0 Å². The second-order valence-electron chi connectivity index (χ2n) is 4.42. The largest absolute Gasteiger partial charge is 0.739 e. The van der Waals surface area contributed by atoms with Crippen molar-refractivity contribution in [3.63, 3.8) is 0 Å². The summed E-state index contributed by atoms with van der Waals surface area (Å²) in [5.41, 5.74) is -0.947. The summed E-state index contributed by atoms with van der Waals surface area (Å²) in [4.78, 5) is 11.4. The van der Waals surface area contributed by atoms with Crippen LogP contribution in [-0.2, 0) is 13.9 Å². The molecule has 0 saturated heterocycles. The SMILES string of the molecule is CC(C)(CO)C(O)C(=O)NCCCSS(=O)(=O)[O-]. The van der Waals surface area contributed by atoms with Gasteiger partial charge < -0.3 is 20.1 Å². The van der Waals surface area contributed by atoms with Gasteiger partial charge in [-0.2, -0.15) is 0 Å². The molecule has 0 fully saturated rings. The van der Waals surface area contributed by atoms with Gasteiger partial charge in [0.1, 0.15) is 15.3 Å². The Kier molecular flexibility index (Phi) is 7.15. The number of nitrogens with one attached hydrogen (secondary N) is 1. The minimum atomic E-state index is -4.30. The summed E-state index contributed by atoms with van der Waals surface area (Å²) in [6.45, 7) is 2.89. The van der Waals surface area contributed by atoms with E-state index >= 15 is 0 Å². The molecule has 0 saturated carbocycles. The lowest BCUT2D eigenvalue weighted by molar-refractivity contribution is -0.137. The Morgan fingerprint density at radius 3 is 2.50 bits per heavy atom. The quantitative estimate of drug-likeness (QED) is 0.300. The second kappa shape index (κ2) is 7.29. The van der Waals surface area contributed by atoms with E-state index in [2.05, 4.69) is 5.32 Å². The van der Waals surface area contributed by atoms with Gasteiger partial charge in [-0.1, -0.05) is 13.8 Å². The fraction of sp³-hybridized carbons (Fsp3) is 0.889. The Labute approximate surface area is 110 Å². The zero-order valence-electron chi connectivity index (χ0n) is 10.2. The van der Waals surface area contributed by atoms with Crippen LogP contribution in [0.25, 0.3) is 0 Å². The third-order valence-electron chi connectivity index (χ3n) is 2.24. The molecule has 0 bridgehead atoms. The van der Waals surface area contributed by atoms with Crippen LogP contribution in [-0.4, -0.2) is 54.1 Å². The lowest BCUT2D eigenvalue weighted by Crippen LogP contribution is -2.45. The predicted octanol–water partition coefficient (Wildman–Crippen LogP) is -0.934. The molecule has 0 aromatic carbocycles. The van der Waals surface area contributed by atoms with Crippen molar-refractivity contribution in [3.05, 3.63) is 0 Å². The smallest absolute Gasteiger partial charge is 0.249 e. The van der Waals surface area contributed by atoms with Crippen LogP contribution in [0.4, 0.5) is 0 Å². The van der Waals surface area contributed by atoms with Crippen LogP contribution in [0.3, 0.4) is 0 Å². The maximum atomic E-state index is 11.4. The molecule has 0 aliphatic carbocycles. The summed E-state index contributed by atoms with van der Waals surface area (Å²) in [6.07, 6.45) is -1.05. The number of carbonyl (C=O) groups excluding carboxylic acids is 1. The van der Waals surface area contributed by atoms with Gasteiger partial charge in [0.2, 0.25) is 5.91 Å². The van der Waals surface area contributed by atoms with Crippen LogP contribution >= 0.6 is 10.8 Å². The summed E-state index contributed by atoms with van der Waals surface area (Å²) in [5.74, 6) is -0.560. The maximum Gasteiger partial charge on any atom is 0.249 e. The highest BCUT2D eigenvalue weighted by molar-refractivity contribution is 8.69. The minimum absolute atomic E-state index is 0.0750. The van der Waals surface area contributed by atoms with E-state index in [1.165, 1.54) is 13.8 Å². The van der Waals surface area contributed by atoms with Gasteiger partial charge in [-0.15, -0.1) is 0 Å². The van der Waals surface area contributed by atoms with Gasteiger partial charge in [0.05, 0.1) is 6.61 Å². The summed E-state index contributed by atoms with van der Waals surface area (Å²) in [5, 5.41) is 21.0. The summed E-state index contributed by atoms with van der Waals surface area (Å²) < 4.78 is 30.8. The zero-order chi connectivity index (χ0) is 14.4. The van der Waals surface area contributed by atoms with Crippen molar-refractivity contribution < 1.29 is 28.0 Å². The Bertz CT molecular complexity index is 367. The van der Waals surface area contributed by atoms with Crippen molar-refractivity contribution in [1.82, 2.24) is 5.32 Å². The third-order valence-corrected chi connectivity index (χ3v) is 4.35. The van der Waals surface area contributed by atoms with E-state index in [1.54, 1.807) is 0 Å². The highest BCUT2D eigenvalue weighted by atomic mass is 33.1. The van der Waals surface area contributed by atoms with Crippen LogP contribution in [0.15, 0.2) is 0 Å². The van der Waals surface area contributed by atoms with Crippen molar-refractivity contribution in [2.45, 2.75) is 26.4 Å². The van der Waals surface area contributed by atoms with Crippen LogP contribution < -0.4 is 5.32 Å². The molecule has 0 rings (SSSR count). The monoisotopic (exact) mass is 300 g/mol. The molecule has 0 aromatic heterocycles. The fourth-order valence-corrected chi connectivity index (χ4v) is 2.42. The molecule has 0 radical (unpaired) electrons. The molecule has 1 unspecified atom stereocenters. The van der Waals surface area contributed by atoms with Gasteiger partial charge in [-0.05, 0) is 17.2 Å². The molecular formula is C9H18NO6S2-. The second-order valence-corrected chi connectivity index (χ2v) is 7.82. The number of hydrogen-bond donors (Lipinski definition) is 3. The Morgan fingerprint density at radius 2 is 2.06 bits per heavy atom. The predicted molar refractivity (Wildman–Crippen MR) is 66.7 cm³/mol. The van der Waals surface area contributed by atoms with E-state index in [-0.39, 0.29) is 29.7 Å². The van der Waals surface area contributed by atoms with E-state index in [4.69, 9.17) is 5.11 Å². The summed E-state index contributed by atoms with van der Waals surface area (Å²) in [6, 6.07) is 0. The average Bonchev–Trinajstić information content (AvgIpc) is 2.25. The van der Waals surface area contributed by atoms with E-state index < -0.39 is 26.6 Å². The van der Waals surface area contributed by atoms with Gasteiger partial charge in [-0.3, -0.25) is 4.79 Å². The van der Waals surface area contributed by atoms with Crippen LogP contribution in [0.1, 0.15) is 20.3 Å². The van der Waals surface area contributed by atoms with Crippen molar-refractivity contribution >= 4 is 25.9 Å². The summed E-state index contributed by atoms with van der Waals surface area (Å²) >= 11 is 0. The molecule has 0 aliphatic heterocycles. The lowest BCUT2D eigenvalue weighted by Gasteiger charge is -2.27. The Hall–Kier alpha value is -0.350. The van der Waals surface area contributed by atoms with E-state index in [0.717, 1.165) is 0 Å². The van der Waals surface area contributed by atoms with Gasteiger partial charge in [0.25, 0.3) is 0 Å². The highest BCUT2D eigenvalue weighted by Gasteiger charge is 2.32. The van der Waals surface area contributed by atoms with Crippen LogP contribution in [0, 0.1) is 5.41 Å². The fourth-order valence-electron chi connectivity index (χ4n) is 0.983. The first-order valence-electron chi connectivity index (χ1n) is 5.27. The van der Waals surface area contributed by atoms with Crippen molar-refractivity contribution in [2.24, 2.45) is 5.41 Å². The Balaban J connectivity index is 3.92. The van der Waals surface area contributed by atoms with Gasteiger partial charge in [-0.25, -0.2) is 8.42 Å². The van der Waals surface area contributed by atoms with Crippen LogP contribution in [0.5, 0.6) is 0 Å². The number of aliphatic hydroxyl groups excluding tert-OH is 2. The molecular weight excluding hydrogens is 282 g/mol. The first-order chi connectivity index (χ1) is 8.10. The molecule has 108 valence electrons. The van der Waals surface area contributed by atoms with Crippen LogP contribution in [0.2, 0.25) is 0 Å². The van der Waals surface area contributed by atoms with Gasteiger partial charge in [0, 0.05) is 17.7 Å². The zero-order valence-corrected chi connectivity index (χ0v) is 11.9. The van der Waals surface area contributed by atoms with Gasteiger partial charge >= 0.3 is 0 Å². The third kappa shape index (κ3) is 7.17. The molecule has 0 heterocycles. The first kappa shape index (κ1) is 17.6. The number of carbonyl (C=O) groups is 1. The highest BCUT2D eigenvalue weighted by Crippen LogP contribution is 2.19. The van der Waals surface area contributed by atoms with E-state index in [0.29, 0.717) is 6.42 Å². The van der Waals surface area contributed by atoms with Crippen molar-refractivity contribution in [2.75, 3.05) is 18.9 Å². The average molecular weight is 300 g/mol. The van der Waals surface area contributed by atoms with E-state index in [1.807, 2.05) is 0 Å². The van der Waals surface area contributed by atoms with E-state index in [9.17, 15) is 22.9 Å². The molecule has 9 heteroatoms. The molecule has 3 N–H and O–H groups in total.